The van der Waals surface area contributed by atoms with Crippen LogP contribution < -0.4 is 0 Å². The highest BCUT2D eigenvalue weighted by Crippen LogP contribution is 2.27. The number of nitrogens with zero attached hydrogens (tertiary/aromatic N) is 1. The Kier molecular flexibility index (Phi) is 5.94. The van der Waals surface area contributed by atoms with Crippen LogP contribution in [0.5, 0.6) is 0 Å². The summed E-state index contributed by atoms with van der Waals surface area (Å²) in [6, 6.07) is 1.30. The number of carbonyl (C=O) groups excluding carboxylic acids is 1. The van der Waals surface area contributed by atoms with E-state index in [1.165, 1.54) is 12.5 Å². The molecule has 0 saturated carbocycles. The van der Waals surface area contributed by atoms with Crippen molar-refractivity contribution in [3.63, 3.8) is 0 Å². The summed E-state index contributed by atoms with van der Waals surface area (Å²) < 4.78 is 0. The van der Waals surface area contributed by atoms with Gasteiger partial charge in [0.25, 0.3) is 0 Å². The van der Waals surface area contributed by atoms with Crippen molar-refractivity contribution in [1.29, 1.82) is 0 Å². The van der Waals surface area contributed by atoms with E-state index in [2.05, 4.69) is 25.8 Å². The Hall–Kier alpha value is -0.403. The molecule has 12 heavy (non-hydrogen) atoms. The van der Waals surface area contributed by atoms with Gasteiger partial charge in [-0.1, -0.05) is 33.2 Å². The fourth-order valence-corrected chi connectivity index (χ4v) is 2.80. The van der Waals surface area contributed by atoms with Gasteiger partial charge in [-0.2, -0.15) is 0 Å². The Balaban J connectivity index is 3.36. The molecule has 0 aliphatic carbocycles. The number of aliphatic imine (C=N–C) groups is 1. The van der Waals surface area contributed by atoms with Crippen molar-refractivity contribution >= 4 is 15.6 Å². The van der Waals surface area contributed by atoms with Gasteiger partial charge in [-0.25, -0.2) is 9.79 Å². The van der Waals surface area contributed by atoms with Crippen molar-refractivity contribution in [2.24, 2.45) is 4.99 Å². The van der Waals surface area contributed by atoms with Crippen molar-refractivity contribution in [3.8, 4) is 0 Å². The Morgan fingerprint density at radius 2 is 2.17 bits per heavy atom. The maximum atomic E-state index is 9.74. The van der Waals surface area contributed by atoms with Gasteiger partial charge in [0.1, 0.15) is 0 Å². The summed E-state index contributed by atoms with van der Waals surface area (Å²) in [5.41, 5.74) is 0. The average molecular weight is 185 g/mol. The zero-order valence-corrected chi connectivity index (χ0v) is 9.81. The lowest BCUT2D eigenvalue weighted by atomic mass is 10.1. The van der Waals surface area contributed by atoms with Crippen LogP contribution >= 0.6 is 0 Å². The molecule has 0 atom stereocenters. The van der Waals surface area contributed by atoms with Gasteiger partial charge < -0.3 is 0 Å². The quantitative estimate of drug-likeness (QED) is 0.269. The van der Waals surface area contributed by atoms with E-state index in [0.717, 1.165) is 6.42 Å². The normalized spacial score (nSPS) is 11.9. The second-order valence-corrected chi connectivity index (χ2v) is 7.07. The van der Waals surface area contributed by atoms with Gasteiger partial charge >= 0.3 is 0 Å². The highest BCUT2D eigenvalue weighted by molar-refractivity contribution is 6.39. The Morgan fingerprint density at radius 1 is 1.50 bits per heavy atom. The number of hydrogen-bond donors (Lipinski definition) is 0. The standard InChI is InChI=1S/C9H19NOSi/c1-4-9(2,3)12-7-5-6-10-8-11/h4-7,12H2,1-3H3. The number of isocyanates is 1. The van der Waals surface area contributed by atoms with Crippen molar-refractivity contribution in [2.75, 3.05) is 6.54 Å². The van der Waals surface area contributed by atoms with Crippen LogP contribution in [0.25, 0.3) is 0 Å². The molecule has 2 nitrogen and oxygen atoms in total. The third-order valence-electron chi connectivity index (χ3n) is 2.40. The van der Waals surface area contributed by atoms with Crippen LogP contribution in [0.3, 0.4) is 0 Å². The molecule has 0 aliphatic heterocycles. The van der Waals surface area contributed by atoms with Crippen molar-refractivity contribution in [2.45, 2.75) is 44.7 Å². The largest absolute Gasteiger partial charge is 0.234 e. The molecular weight excluding hydrogens is 166 g/mol. The predicted octanol–water partition coefficient (Wildman–Crippen LogP) is 1.91. The van der Waals surface area contributed by atoms with Crippen molar-refractivity contribution in [3.05, 3.63) is 0 Å². The zero-order chi connectivity index (χ0) is 9.45. The van der Waals surface area contributed by atoms with Gasteiger partial charge in [0.05, 0.1) is 6.54 Å². The Morgan fingerprint density at radius 3 is 2.67 bits per heavy atom. The van der Waals surface area contributed by atoms with Crippen molar-refractivity contribution < 1.29 is 4.79 Å². The van der Waals surface area contributed by atoms with Crippen LogP contribution in [0.15, 0.2) is 4.99 Å². The fraction of sp³-hybridized carbons (Fsp3) is 0.889. The summed E-state index contributed by atoms with van der Waals surface area (Å²) in [7, 11) is 0.0214. The van der Waals surface area contributed by atoms with E-state index in [4.69, 9.17) is 0 Å². The van der Waals surface area contributed by atoms with Crippen molar-refractivity contribution in [1.82, 2.24) is 0 Å². The molecular formula is C9H19NOSi. The van der Waals surface area contributed by atoms with Gasteiger partial charge in [-0.3, -0.25) is 0 Å². The van der Waals surface area contributed by atoms with Crippen LogP contribution in [0.4, 0.5) is 0 Å². The molecule has 0 amide bonds. The van der Waals surface area contributed by atoms with E-state index in [1.807, 2.05) is 0 Å². The van der Waals surface area contributed by atoms with Gasteiger partial charge in [0.15, 0.2) is 0 Å². The summed E-state index contributed by atoms with van der Waals surface area (Å²) in [5.74, 6) is 0. The fourth-order valence-electron chi connectivity index (χ4n) is 1.02. The highest BCUT2D eigenvalue weighted by Gasteiger charge is 2.14. The number of hydrogen-bond acceptors (Lipinski definition) is 2. The Bertz CT molecular complexity index is 162. The predicted molar refractivity (Wildman–Crippen MR) is 55.3 cm³/mol. The first-order valence-corrected chi connectivity index (χ1v) is 6.37. The second-order valence-electron chi connectivity index (χ2n) is 3.95. The first-order chi connectivity index (χ1) is 5.62. The topological polar surface area (TPSA) is 29.4 Å². The minimum Gasteiger partial charge on any atom is -0.211 e. The van der Waals surface area contributed by atoms with Gasteiger partial charge in [0.2, 0.25) is 6.08 Å². The van der Waals surface area contributed by atoms with E-state index in [0.29, 0.717) is 11.6 Å². The molecule has 0 aromatic carbocycles. The van der Waals surface area contributed by atoms with Crippen LogP contribution in [-0.2, 0) is 4.79 Å². The third kappa shape index (κ3) is 6.32. The average Bonchev–Trinajstić information content (AvgIpc) is 2.04. The van der Waals surface area contributed by atoms with Crippen LogP contribution in [0.1, 0.15) is 33.6 Å². The van der Waals surface area contributed by atoms with Crippen LogP contribution in [0.2, 0.25) is 11.1 Å². The molecule has 0 unspecified atom stereocenters. The van der Waals surface area contributed by atoms with Gasteiger partial charge in [-0.15, -0.1) is 0 Å². The summed E-state index contributed by atoms with van der Waals surface area (Å²) in [6.45, 7) is 7.59. The maximum absolute atomic E-state index is 9.74. The SMILES string of the molecule is CCC(C)(C)[SiH2]CCCN=C=O. The lowest BCUT2D eigenvalue weighted by molar-refractivity contribution is 0.562. The number of rotatable bonds is 6. The summed E-state index contributed by atoms with van der Waals surface area (Å²) in [6.07, 6.45) is 3.92. The lowest BCUT2D eigenvalue weighted by Gasteiger charge is -2.21. The zero-order valence-electron chi connectivity index (χ0n) is 8.39. The molecule has 0 saturated heterocycles. The molecule has 0 radical (unpaired) electrons. The summed E-state index contributed by atoms with van der Waals surface area (Å²) >= 11 is 0. The summed E-state index contributed by atoms with van der Waals surface area (Å²) in [5, 5.41) is 0.588. The minimum atomic E-state index is 0.0214. The molecule has 70 valence electrons. The van der Waals surface area contributed by atoms with Gasteiger partial charge in [-0.05, 0) is 11.5 Å². The molecule has 0 bridgehead atoms. The molecule has 0 aromatic rings. The highest BCUT2D eigenvalue weighted by atomic mass is 28.2. The van der Waals surface area contributed by atoms with Gasteiger partial charge in [0, 0.05) is 9.52 Å². The van der Waals surface area contributed by atoms with E-state index in [1.54, 1.807) is 6.08 Å². The molecule has 0 heterocycles. The molecule has 0 N–H and O–H groups in total. The monoisotopic (exact) mass is 185 g/mol. The minimum absolute atomic E-state index is 0.0214. The van der Waals surface area contributed by atoms with E-state index < -0.39 is 0 Å². The maximum Gasteiger partial charge on any atom is 0.234 e. The third-order valence-corrected chi connectivity index (χ3v) is 5.10. The molecule has 0 fully saturated rings. The first kappa shape index (κ1) is 11.6. The lowest BCUT2D eigenvalue weighted by Crippen LogP contribution is -2.11. The van der Waals surface area contributed by atoms with Crippen LogP contribution in [0, 0.1) is 0 Å². The molecule has 0 rings (SSSR count). The first-order valence-electron chi connectivity index (χ1n) is 4.66. The van der Waals surface area contributed by atoms with E-state index in [-0.39, 0.29) is 9.52 Å². The smallest absolute Gasteiger partial charge is 0.211 e. The Labute approximate surface area is 77.3 Å². The van der Waals surface area contributed by atoms with E-state index in [9.17, 15) is 4.79 Å². The van der Waals surface area contributed by atoms with Crippen LogP contribution in [-0.4, -0.2) is 22.1 Å². The molecule has 3 heteroatoms. The molecule has 0 aliphatic rings. The summed E-state index contributed by atoms with van der Waals surface area (Å²) in [4.78, 5) is 13.3. The van der Waals surface area contributed by atoms with E-state index >= 15 is 0 Å². The molecule has 0 spiro atoms. The second kappa shape index (κ2) is 6.15. The molecule has 0 aromatic heterocycles.